The van der Waals surface area contributed by atoms with Crippen molar-refractivity contribution in [1.29, 1.82) is 0 Å². The number of likely N-dealkylation sites (tertiary alicyclic amines) is 1. The number of hydrogen-bond donors (Lipinski definition) is 1. The first-order valence-corrected chi connectivity index (χ1v) is 10.2. The molecule has 1 aliphatic heterocycles. The van der Waals surface area contributed by atoms with Crippen molar-refractivity contribution in [3.05, 3.63) is 53.7 Å². The van der Waals surface area contributed by atoms with Gasteiger partial charge in [0.25, 0.3) is 5.91 Å². The van der Waals surface area contributed by atoms with E-state index in [0.717, 1.165) is 36.5 Å². The zero-order valence-electron chi connectivity index (χ0n) is 15.4. The summed E-state index contributed by atoms with van der Waals surface area (Å²) >= 11 is 1.54. The van der Waals surface area contributed by atoms with Crippen LogP contribution in [0.15, 0.2) is 47.8 Å². The number of carbonyl (C=O) groups excluding carboxylic acids is 2. The SMILES string of the molecule is O=C(NCCC(=O)N1CCCC1)c1nc(-c2cccs2)n(-c2ccccc2)n1. The Balaban J connectivity index is 1.48. The molecule has 3 aromatic rings. The van der Waals surface area contributed by atoms with Crippen LogP contribution in [0.1, 0.15) is 29.9 Å². The molecule has 0 atom stereocenters. The third-order valence-electron chi connectivity index (χ3n) is 4.64. The minimum atomic E-state index is -0.373. The smallest absolute Gasteiger partial charge is 0.291 e. The normalized spacial score (nSPS) is 13.6. The van der Waals surface area contributed by atoms with Crippen molar-refractivity contribution in [2.24, 2.45) is 0 Å². The van der Waals surface area contributed by atoms with Crippen LogP contribution in [0, 0.1) is 0 Å². The molecule has 1 fully saturated rings. The largest absolute Gasteiger partial charge is 0.349 e. The van der Waals surface area contributed by atoms with Crippen molar-refractivity contribution in [3.8, 4) is 16.4 Å². The fourth-order valence-electron chi connectivity index (χ4n) is 3.21. The summed E-state index contributed by atoms with van der Waals surface area (Å²) in [4.78, 5) is 31.9. The minimum absolute atomic E-state index is 0.0832. The van der Waals surface area contributed by atoms with E-state index in [1.54, 1.807) is 16.0 Å². The van der Waals surface area contributed by atoms with Crippen molar-refractivity contribution in [2.45, 2.75) is 19.3 Å². The second kappa shape index (κ2) is 8.35. The van der Waals surface area contributed by atoms with Gasteiger partial charge in [-0.25, -0.2) is 9.67 Å². The average Bonchev–Trinajstić information content (AvgIpc) is 3.49. The number of carbonyl (C=O) groups is 2. The number of amides is 2. The molecule has 144 valence electrons. The molecule has 1 aromatic carbocycles. The van der Waals surface area contributed by atoms with Gasteiger partial charge in [0.2, 0.25) is 11.7 Å². The molecule has 0 radical (unpaired) electrons. The molecule has 8 heteroatoms. The highest BCUT2D eigenvalue weighted by molar-refractivity contribution is 7.13. The molecule has 0 unspecified atom stereocenters. The van der Waals surface area contributed by atoms with E-state index < -0.39 is 0 Å². The van der Waals surface area contributed by atoms with Gasteiger partial charge in [-0.1, -0.05) is 24.3 Å². The van der Waals surface area contributed by atoms with E-state index in [1.165, 1.54) is 0 Å². The summed E-state index contributed by atoms with van der Waals surface area (Å²) in [5, 5.41) is 9.15. The second-order valence-corrected chi connectivity index (χ2v) is 7.53. The first kappa shape index (κ1) is 18.4. The Labute approximate surface area is 167 Å². The summed E-state index contributed by atoms with van der Waals surface area (Å²) in [6.45, 7) is 1.92. The van der Waals surface area contributed by atoms with Crippen LogP contribution in [0.25, 0.3) is 16.4 Å². The number of para-hydroxylation sites is 1. The van der Waals surface area contributed by atoms with Crippen LogP contribution in [0.4, 0.5) is 0 Å². The summed E-state index contributed by atoms with van der Waals surface area (Å²) in [6, 6.07) is 13.5. The van der Waals surface area contributed by atoms with E-state index >= 15 is 0 Å². The minimum Gasteiger partial charge on any atom is -0.349 e. The summed E-state index contributed by atoms with van der Waals surface area (Å²) in [6.07, 6.45) is 2.41. The number of nitrogens with one attached hydrogen (secondary N) is 1. The van der Waals surface area contributed by atoms with Crippen LogP contribution in [0.5, 0.6) is 0 Å². The standard InChI is InChI=1S/C20H21N5O2S/c26-17(24-12-4-5-13-24)10-11-21-20(27)18-22-19(16-9-6-14-28-16)25(23-18)15-7-2-1-3-8-15/h1-3,6-9,14H,4-5,10-13H2,(H,21,27). The molecular formula is C20H21N5O2S. The van der Waals surface area contributed by atoms with Crippen LogP contribution in [0.3, 0.4) is 0 Å². The molecule has 0 aliphatic carbocycles. The van der Waals surface area contributed by atoms with Gasteiger partial charge in [-0.2, -0.15) is 0 Å². The lowest BCUT2D eigenvalue weighted by atomic mass is 10.3. The van der Waals surface area contributed by atoms with Gasteiger partial charge in [-0.15, -0.1) is 16.4 Å². The van der Waals surface area contributed by atoms with E-state index in [1.807, 2.05) is 52.7 Å². The Morgan fingerprint density at radius 3 is 2.57 bits per heavy atom. The van der Waals surface area contributed by atoms with Crippen molar-refractivity contribution in [1.82, 2.24) is 25.0 Å². The van der Waals surface area contributed by atoms with Crippen LogP contribution < -0.4 is 5.32 Å². The van der Waals surface area contributed by atoms with Crippen molar-refractivity contribution < 1.29 is 9.59 Å². The molecule has 4 rings (SSSR count). The molecule has 1 aliphatic rings. The molecule has 2 amide bonds. The van der Waals surface area contributed by atoms with E-state index in [0.29, 0.717) is 12.2 Å². The van der Waals surface area contributed by atoms with E-state index in [2.05, 4.69) is 15.4 Å². The average molecular weight is 395 g/mol. The summed E-state index contributed by atoms with van der Waals surface area (Å²) < 4.78 is 1.68. The number of rotatable bonds is 6. The first-order chi connectivity index (χ1) is 13.7. The summed E-state index contributed by atoms with van der Waals surface area (Å²) in [5.41, 5.74) is 0.835. The molecule has 0 saturated carbocycles. The lowest BCUT2D eigenvalue weighted by Gasteiger charge is -2.14. The third kappa shape index (κ3) is 3.96. The Hall–Kier alpha value is -3.00. The lowest BCUT2D eigenvalue weighted by Crippen LogP contribution is -2.33. The first-order valence-electron chi connectivity index (χ1n) is 9.35. The van der Waals surface area contributed by atoms with E-state index in [9.17, 15) is 9.59 Å². The van der Waals surface area contributed by atoms with Crippen LogP contribution in [-0.4, -0.2) is 51.1 Å². The topological polar surface area (TPSA) is 80.1 Å². The van der Waals surface area contributed by atoms with Gasteiger partial charge in [0, 0.05) is 26.1 Å². The highest BCUT2D eigenvalue weighted by atomic mass is 32.1. The monoisotopic (exact) mass is 395 g/mol. The highest BCUT2D eigenvalue weighted by Crippen LogP contribution is 2.25. The summed E-state index contributed by atoms with van der Waals surface area (Å²) in [5.74, 6) is 0.432. The van der Waals surface area contributed by atoms with Gasteiger partial charge in [-0.05, 0) is 36.4 Å². The molecule has 0 bridgehead atoms. The number of hydrogen-bond acceptors (Lipinski definition) is 5. The summed E-state index contributed by atoms with van der Waals surface area (Å²) in [7, 11) is 0. The third-order valence-corrected chi connectivity index (χ3v) is 5.50. The molecule has 2 aromatic heterocycles. The second-order valence-electron chi connectivity index (χ2n) is 6.58. The molecule has 28 heavy (non-hydrogen) atoms. The maximum atomic E-state index is 12.5. The van der Waals surface area contributed by atoms with Gasteiger partial charge >= 0.3 is 0 Å². The van der Waals surface area contributed by atoms with Crippen LogP contribution >= 0.6 is 11.3 Å². The van der Waals surface area contributed by atoms with Crippen molar-refractivity contribution >= 4 is 23.2 Å². The fraction of sp³-hybridized carbons (Fsp3) is 0.300. The number of thiophene rings is 1. The Morgan fingerprint density at radius 2 is 1.86 bits per heavy atom. The number of aromatic nitrogens is 3. The van der Waals surface area contributed by atoms with Gasteiger partial charge < -0.3 is 10.2 Å². The van der Waals surface area contributed by atoms with Gasteiger partial charge in [-0.3, -0.25) is 9.59 Å². The van der Waals surface area contributed by atoms with Crippen molar-refractivity contribution in [3.63, 3.8) is 0 Å². The maximum Gasteiger partial charge on any atom is 0.291 e. The Morgan fingerprint density at radius 1 is 1.07 bits per heavy atom. The fourth-order valence-corrected chi connectivity index (χ4v) is 3.91. The predicted octanol–water partition coefficient (Wildman–Crippen LogP) is 2.74. The molecule has 1 saturated heterocycles. The maximum absolute atomic E-state index is 12.5. The van der Waals surface area contributed by atoms with Gasteiger partial charge in [0.1, 0.15) is 0 Å². The number of nitrogens with zero attached hydrogens (tertiary/aromatic N) is 4. The van der Waals surface area contributed by atoms with E-state index in [-0.39, 0.29) is 24.2 Å². The zero-order valence-corrected chi connectivity index (χ0v) is 16.2. The molecule has 1 N–H and O–H groups in total. The quantitative estimate of drug-likeness (QED) is 0.696. The predicted molar refractivity (Wildman–Crippen MR) is 107 cm³/mol. The Bertz CT molecular complexity index is 946. The van der Waals surface area contributed by atoms with E-state index in [4.69, 9.17) is 0 Å². The molecule has 7 nitrogen and oxygen atoms in total. The number of benzene rings is 1. The highest BCUT2D eigenvalue weighted by Gasteiger charge is 2.21. The van der Waals surface area contributed by atoms with Crippen LogP contribution in [0.2, 0.25) is 0 Å². The molecule has 3 heterocycles. The van der Waals surface area contributed by atoms with Gasteiger partial charge in [0.05, 0.1) is 10.6 Å². The van der Waals surface area contributed by atoms with Gasteiger partial charge in [0.15, 0.2) is 5.82 Å². The molecule has 0 spiro atoms. The lowest BCUT2D eigenvalue weighted by molar-refractivity contribution is -0.129. The zero-order chi connectivity index (χ0) is 19.3. The van der Waals surface area contributed by atoms with Crippen molar-refractivity contribution in [2.75, 3.05) is 19.6 Å². The van der Waals surface area contributed by atoms with Crippen LogP contribution in [-0.2, 0) is 4.79 Å². The Kier molecular flexibility index (Phi) is 5.48. The molecular weight excluding hydrogens is 374 g/mol.